The summed E-state index contributed by atoms with van der Waals surface area (Å²) in [4.78, 5) is 15.2. The van der Waals surface area contributed by atoms with Gasteiger partial charge >= 0.3 is 0 Å². The molecule has 0 bridgehead atoms. The number of nitrogens with one attached hydrogen (secondary N) is 1. The Kier molecular flexibility index (Phi) is 5.45. The number of aromatic nitrogens is 1. The van der Waals surface area contributed by atoms with Crippen LogP contribution in [0.25, 0.3) is 10.9 Å². The highest BCUT2D eigenvalue weighted by Gasteiger charge is 2.19. The number of aryl methyl sites for hydroxylation is 3. The number of fused-ring (bicyclic) bond motifs is 1. The second-order valence-electron chi connectivity index (χ2n) is 7.36. The van der Waals surface area contributed by atoms with Crippen LogP contribution in [0.2, 0.25) is 0 Å². The van der Waals surface area contributed by atoms with Crippen molar-refractivity contribution in [2.75, 3.05) is 5.32 Å². The lowest BCUT2D eigenvalue weighted by molar-refractivity contribution is -0.115. The standard InChI is InChI=1S/C25H24N2OS/c1-17-9-12-19(13-10-17)26-24(28)16-23-25(29-20-7-5-4-6-8-20)21-15-18(2)11-14-22(21)27(23)3/h4-15H,16H2,1-3H3,(H,26,28). The Morgan fingerprint density at radius 2 is 1.62 bits per heavy atom. The Morgan fingerprint density at radius 3 is 2.34 bits per heavy atom. The van der Waals surface area contributed by atoms with E-state index in [1.807, 2.05) is 56.4 Å². The average Bonchev–Trinajstić information content (AvgIpc) is 2.95. The number of carbonyl (C=O) groups is 1. The number of carbonyl (C=O) groups excluding carboxylic acids is 1. The van der Waals surface area contributed by atoms with E-state index in [9.17, 15) is 4.79 Å². The fraction of sp³-hybridized carbons (Fsp3) is 0.160. The summed E-state index contributed by atoms with van der Waals surface area (Å²) in [7, 11) is 2.04. The van der Waals surface area contributed by atoms with Crippen molar-refractivity contribution in [1.82, 2.24) is 4.57 Å². The second-order valence-corrected chi connectivity index (χ2v) is 8.45. The molecule has 0 unspecified atom stereocenters. The van der Waals surface area contributed by atoms with Crippen LogP contribution in [0.5, 0.6) is 0 Å². The van der Waals surface area contributed by atoms with Crippen LogP contribution in [0.4, 0.5) is 5.69 Å². The van der Waals surface area contributed by atoms with Crippen LogP contribution < -0.4 is 5.32 Å². The van der Waals surface area contributed by atoms with Gasteiger partial charge in [-0.25, -0.2) is 0 Å². The fourth-order valence-electron chi connectivity index (χ4n) is 3.49. The van der Waals surface area contributed by atoms with Gasteiger partial charge in [0.2, 0.25) is 5.91 Å². The second kappa shape index (κ2) is 8.18. The van der Waals surface area contributed by atoms with Crippen molar-refractivity contribution in [3.8, 4) is 0 Å². The molecule has 4 aromatic rings. The molecule has 4 heteroatoms. The van der Waals surface area contributed by atoms with Gasteiger partial charge in [0.05, 0.1) is 6.42 Å². The van der Waals surface area contributed by atoms with Crippen molar-refractivity contribution in [3.05, 3.63) is 89.6 Å². The summed E-state index contributed by atoms with van der Waals surface area (Å²) >= 11 is 1.72. The Labute approximate surface area is 175 Å². The van der Waals surface area contributed by atoms with Crippen molar-refractivity contribution in [2.24, 2.45) is 7.05 Å². The molecule has 0 aliphatic rings. The number of amides is 1. The molecule has 0 aliphatic carbocycles. The zero-order valence-corrected chi connectivity index (χ0v) is 17.7. The van der Waals surface area contributed by atoms with E-state index in [0.717, 1.165) is 21.8 Å². The van der Waals surface area contributed by atoms with Gasteiger partial charge in [-0.3, -0.25) is 4.79 Å². The molecule has 0 fully saturated rings. The van der Waals surface area contributed by atoms with Crippen molar-refractivity contribution >= 4 is 34.3 Å². The minimum Gasteiger partial charge on any atom is -0.346 e. The lowest BCUT2D eigenvalue weighted by Gasteiger charge is -2.09. The van der Waals surface area contributed by atoms with Crippen LogP contribution in [0.1, 0.15) is 16.8 Å². The van der Waals surface area contributed by atoms with Crippen LogP contribution in [-0.4, -0.2) is 10.5 Å². The number of nitrogens with zero attached hydrogens (tertiary/aromatic N) is 1. The summed E-state index contributed by atoms with van der Waals surface area (Å²) < 4.78 is 2.15. The Hall–Kier alpha value is -2.98. The summed E-state index contributed by atoms with van der Waals surface area (Å²) in [5.74, 6) is -0.00797. The third-order valence-electron chi connectivity index (χ3n) is 5.05. The first kappa shape index (κ1) is 19.3. The van der Waals surface area contributed by atoms with Gasteiger partial charge in [-0.15, -0.1) is 0 Å². The first-order valence-electron chi connectivity index (χ1n) is 9.68. The van der Waals surface area contributed by atoms with E-state index in [4.69, 9.17) is 0 Å². The molecule has 0 aliphatic heterocycles. The highest BCUT2D eigenvalue weighted by Crippen LogP contribution is 2.38. The molecule has 0 radical (unpaired) electrons. The fourth-order valence-corrected chi connectivity index (χ4v) is 4.62. The van der Waals surface area contributed by atoms with Crippen LogP contribution >= 0.6 is 11.8 Å². The monoisotopic (exact) mass is 400 g/mol. The SMILES string of the molecule is Cc1ccc(NC(=O)Cc2c(Sc3ccccc3)c3cc(C)ccc3n2C)cc1. The molecule has 29 heavy (non-hydrogen) atoms. The number of hydrogen-bond donors (Lipinski definition) is 1. The molecule has 1 amide bonds. The summed E-state index contributed by atoms with van der Waals surface area (Å²) in [6.07, 6.45) is 0.327. The zero-order chi connectivity index (χ0) is 20.4. The van der Waals surface area contributed by atoms with Crippen molar-refractivity contribution in [1.29, 1.82) is 0 Å². The molecule has 1 heterocycles. The first-order valence-corrected chi connectivity index (χ1v) is 10.5. The molecule has 146 valence electrons. The van der Waals surface area contributed by atoms with Crippen molar-refractivity contribution in [2.45, 2.75) is 30.1 Å². The van der Waals surface area contributed by atoms with E-state index < -0.39 is 0 Å². The number of benzene rings is 3. The average molecular weight is 401 g/mol. The number of anilines is 1. The molecule has 3 nitrogen and oxygen atoms in total. The number of hydrogen-bond acceptors (Lipinski definition) is 2. The van der Waals surface area contributed by atoms with E-state index in [1.54, 1.807) is 11.8 Å². The van der Waals surface area contributed by atoms with Crippen LogP contribution in [0.3, 0.4) is 0 Å². The van der Waals surface area contributed by atoms with Gasteiger partial charge in [-0.2, -0.15) is 0 Å². The topological polar surface area (TPSA) is 34.0 Å². The summed E-state index contributed by atoms with van der Waals surface area (Å²) in [5, 5.41) is 4.22. The molecule has 4 rings (SSSR count). The lowest BCUT2D eigenvalue weighted by Crippen LogP contribution is -2.16. The molecular formula is C25H24N2OS. The summed E-state index contributed by atoms with van der Waals surface area (Å²) in [5.41, 5.74) is 5.39. The molecule has 1 aromatic heterocycles. The minimum absolute atomic E-state index is 0.00797. The lowest BCUT2D eigenvalue weighted by atomic mass is 10.1. The van der Waals surface area contributed by atoms with Gasteiger partial charge < -0.3 is 9.88 Å². The molecule has 3 aromatic carbocycles. The highest BCUT2D eigenvalue weighted by atomic mass is 32.2. The highest BCUT2D eigenvalue weighted by molar-refractivity contribution is 7.99. The molecule has 0 atom stereocenters. The van der Waals surface area contributed by atoms with Gasteiger partial charge in [-0.05, 0) is 50.2 Å². The summed E-state index contributed by atoms with van der Waals surface area (Å²) in [6.45, 7) is 4.14. The van der Waals surface area contributed by atoms with Crippen molar-refractivity contribution < 1.29 is 4.79 Å². The minimum atomic E-state index is -0.00797. The van der Waals surface area contributed by atoms with Gasteiger partial charge in [-0.1, -0.05) is 59.3 Å². The molecule has 0 spiro atoms. The maximum absolute atomic E-state index is 12.8. The van der Waals surface area contributed by atoms with E-state index in [0.29, 0.717) is 6.42 Å². The maximum Gasteiger partial charge on any atom is 0.230 e. The van der Waals surface area contributed by atoms with Gasteiger partial charge in [0, 0.05) is 39.1 Å². The van der Waals surface area contributed by atoms with E-state index in [2.05, 4.69) is 47.1 Å². The Balaban J connectivity index is 1.70. The normalized spacial score (nSPS) is 11.0. The largest absolute Gasteiger partial charge is 0.346 e. The van der Waals surface area contributed by atoms with Gasteiger partial charge in [0.1, 0.15) is 0 Å². The maximum atomic E-state index is 12.8. The van der Waals surface area contributed by atoms with Gasteiger partial charge in [0.25, 0.3) is 0 Å². The number of rotatable bonds is 5. The molecule has 1 N–H and O–H groups in total. The Bertz CT molecular complexity index is 1160. The third kappa shape index (κ3) is 4.22. The molecule has 0 saturated carbocycles. The van der Waals surface area contributed by atoms with E-state index in [1.165, 1.54) is 21.4 Å². The van der Waals surface area contributed by atoms with Gasteiger partial charge in [0.15, 0.2) is 0 Å². The third-order valence-corrected chi connectivity index (χ3v) is 6.22. The van der Waals surface area contributed by atoms with Crippen molar-refractivity contribution in [3.63, 3.8) is 0 Å². The predicted octanol–water partition coefficient (Wildman–Crippen LogP) is 6.13. The van der Waals surface area contributed by atoms with Crippen LogP contribution in [-0.2, 0) is 18.3 Å². The van der Waals surface area contributed by atoms with Crippen LogP contribution in [0.15, 0.2) is 82.6 Å². The Morgan fingerprint density at radius 1 is 0.931 bits per heavy atom. The molecule has 0 saturated heterocycles. The quantitative estimate of drug-likeness (QED) is 0.437. The predicted molar refractivity (Wildman–Crippen MR) is 122 cm³/mol. The van der Waals surface area contributed by atoms with E-state index in [-0.39, 0.29) is 5.91 Å². The van der Waals surface area contributed by atoms with Crippen LogP contribution in [0, 0.1) is 13.8 Å². The zero-order valence-electron chi connectivity index (χ0n) is 16.9. The first-order chi connectivity index (χ1) is 14.0. The molecular weight excluding hydrogens is 376 g/mol. The van der Waals surface area contributed by atoms with E-state index >= 15 is 0 Å². The summed E-state index contributed by atoms with van der Waals surface area (Å²) in [6, 6.07) is 24.7. The smallest absolute Gasteiger partial charge is 0.230 e.